The highest BCUT2D eigenvalue weighted by atomic mass is 79.9. The molecular weight excluding hydrogens is 542 g/mol. The van der Waals surface area contributed by atoms with Crippen molar-refractivity contribution in [3.63, 3.8) is 0 Å². The van der Waals surface area contributed by atoms with Gasteiger partial charge in [-0.2, -0.15) is 0 Å². The van der Waals surface area contributed by atoms with Crippen LogP contribution in [0, 0.1) is 0 Å². The van der Waals surface area contributed by atoms with E-state index in [1.165, 1.54) is 5.56 Å². The molecule has 4 rings (SSSR count). The molecule has 0 aliphatic rings. The number of anilines is 1. The molecule has 1 atom stereocenters. The average molecular weight is 577 g/mol. The van der Waals surface area contributed by atoms with Gasteiger partial charge in [-0.1, -0.05) is 50.2 Å². The minimum atomic E-state index is -0.444. The quantitative estimate of drug-likeness (QED) is 0.256. The Morgan fingerprint density at radius 2 is 1.66 bits per heavy atom. The van der Waals surface area contributed by atoms with Gasteiger partial charge in [0.05, 0.1) is 28.3 Å². The summed E-state index contributed by atoms with van der Waals surface area (Å²) in [7, 11) is 3.95. The molecule has 8 heteroatoms. The summed E-state index contributed by atoms with van der Waals surface area (Å²) in [6.45, 7) is 5.23. The first-order valence-electron chi connectivity index (χ1n) is 12.9. The monoisotopic (exact) mass is 575 g/mol. The molecule has 7 nitrogen and oxygen atoms in total. The maximum absolute atomic E-state index is 13.9. The number of halogens is 1. The van der Waals surface area contributed by atoms with E-state index in [2.05, 4.69) is 28.2 Å². The van der Waals surface area contributed by atoms with Crippen LogP contribution in [0.5, 0.6) is 0 Å². The normalized spacial score (nSPS) is 12.1. The fourth-order valence-corrected chi connectivity index (χ4v) is 4.89. The van der Waals surface area contributed by atoms with Crippen molar-refractivity contribution in [1.82, 2.24) is 19.4 Å². The Morgan fingerprint density at radius 1 is 0.974 bits per heavy atom. The van der Waals surface area contributed by atoms with Crippen LogP contribution in [-0.2, 0) is 6.42 Å². The molecular formula is C30H34BrN5O2. The van der Waals surface area contributed by atoms with Crippen LogP contribution >= 0.6 is 15.9 Å². The molecule has 1 aromatic heterocycles. The lowest BCUT2D eigenvalue weighted by Gasteiger charge is -2.33. The Kier molecular flexibility index (Phi) is 8.97. The topological polar surface area (TPSA) is 70.5 Å². The van der Waals surface area contributed by atoms with E-state index in [1.54, 1.807) is 15.5 Å². The number of fused-ring (bicyclic) bond motifs is 1. The van der Waals surface area contributed by atoms with Crippen LogP contribution in [0.4, 0.5) is 10.5 Å². The number of para-hydroxylation sites is 2. The van der Waals surface area contributed by atoms with Crippen molar-refractivity contribution in [3.8, 4) is 5.69 Å². The van der Waals surface area contributed by atoms with Gasteiger partial charge in [0.25, 0.3) is 5.56 Å². The van der Waals surface area contributed by atoms with E-state index < -0.39 is 6.04 Å². The Hall–Kier alpha value is -3.49. The second-order valence-electron chi connectivity index (χ2n) is 9.48. The van der Waals surface area contributed by atoms with Gasteiger partial charge in [-0.05, 0) is 84.8 Å². The number of nitrogens with zero attached hydrogens (tertiary/aromatic N) is 4. The van der Waals surface area contributed by atoms with Crippen molar-refractivity contribution >= 4 is 38.6 Å². The van der Waals surface area contributed by atoms with E-state index in [0.717, 1.165) is 16.6 Å². The van der Waals surface area contributed by atoms with Gasteiger partial charge in [-0.3, -0.25) is 9.36 Å². The summed E-state index contributed by atoms with van der Waals surface area (Å²) in [5.41, 5.74) is 3.07. The van der Waals surface area contributed by atoms with Gasteiger partial charge < -0.3 is 15.1 Å². The lowest BCUT2D eigenvalue weighted by molar-refractivity contribution is 0.173. The number of nitrogens with one attached hydrogen (secondary N) is 1. The van der Waals surface area contributed by atoms with E-state index in [0.29, 0.717) is 41.9 Å². The van der Waals surface area contributed by atoms with E-state index >= 15 is 0 Å². The van der Waals surface area contributed by atoms with Crippen LogP contribution in [0.15, 0.2) is 82.1 Å². The fraction of sp³-hybridized carbons (Fsp3) is 0.300. The second-order valence-corrected chi connectivity index (χ2v) is 10.3. The smallest absolute Gasteiger partial charge is 0.313 e. The minimum absolute atomic E-state index is 0.146. The molecule has 1 N–H and O–H groups in total. The molecule has 3 aromatic carbocycles. The average Bonchev–Trinajstić information content (AvgIpc) is 2.92. The molecule has 0 saturated heterocycles. The lowest BCUT2D eigenvalue weighted by Crippen LogP contribution is -2.43. The number of urea groups is 1. The first-order valence-corrected chi connectivity index (χ1v) is 13.7. The van der Waals surface area contributed by atoms with Crippen molar-refractivity contribution in [2.45, 2.75) is 32.7 Å². The van der Waals surface area contributed by atoms with Crippen molar-refractivity contribution in [3.05, 3.63) is 99.0 Å². The van der Waals surface area contributed by atoms with E-state index in [9.17, 15) is 9.59 Å². The first-order chi connectivity index (χ1) is 18.3. The number of amides is 2. The molecule has 0 radical (unpaired) electrons. The number of aryl methyl sites for hydroxylation is 1. The highest BCUT2D eigenvalue weighted by Gasteiger charge is 2.29. The van der Waals surface area contributed by atoms with Gasteiger partial charge in [-0.15, -0.1) is 0 Å². The maximum Gasteiger partial charge on any atom is 0.322 e. The molecule has 38 heavy (non-hydrogen) atoms. The Bertz CT molecular complexity index is 1470. The third kappa shape index (κ3) is 5.97. The molecule has 0 spiro atoms. The van der Waals surface area contributed by atoms with Crippen molar-refractivity contribution in [2.24, 2.45) is 0 Å². The molecule has 4 aromatic rings. The van der Waals surface area contributed by atoms with Crippen LogP contribution in [0.3, 0.4) is 0 Å². The van der Waals surface area contributed by atoms with Crippen molar-refractivity contribution in [1.29, 1.82) is 0 Å². The number of carbonyl (C=O) groups excluding carboxylic acids is 1. The minimum Gasteiger partial charge on any atom is -0.313 e. The number of rotatable bonds is 9. The highest BCUT2D eigenvalue weighted by molar-refractivity contribution is 9.10. The van der Waals surface area contributed by atoms with Crippen LogP contribution in [0.2, 0.25) is 0 Å². The Balaban J connectivity index is 1.87. The first kappa shape index (κ1) is 27.5. The fourth-order valence-electron chi connectivity index (χ4n) is 4.50. The SMILES string of the molecule is CCc1ccc(-n2c(C(CC)N(CCN(C)C)C(=O)Nc3ccccc3Br)nc3ccccc3c2=O)cc1. The summed E-state index contributed by atoms with van der Waals surface area (Å²) in [4.78, 5) is 36.5. The third-order valence-corrected chi connectivity index (χ3v) is 7.32. The van der Waals surface area contributed by atoms with Crippen LogP contribution in [0.25, 0.3) is 16.6 Å². The summed E-state index contributed by atoms with van der Waals surface area (Å²) < 4.78 is 2.47. The number of carbonyl (C=O) groups is 1. The molecule has 1 heterocycles. The number of hydrogen-bond acceptors (Lipinski definition) is 4. The van der Waals surface area contributed by atoms with Crippen LogP contribution < -0.4 is 10.9 Å². The van der Waals surface area contributed by atoms with Crippen LogP contribution in [0.1, 0.15) is 37.7 Å². The number of likely N-dealkylation sites (N-methyl/N-ethyl adjacent to an activating group) is 1. The van der Waals surface area contributed by atoms with Gasteiger partial charge in [-0.25, -0.2) is 9.78 Å². The highest BCUT2D eigenvalue weighted by Crippen LogP contribution is 2.28. The van der Waals surface area contributed by atoms with E-state index in [-0.39, 0.29) is 11.6 Å². The molecule has 0 saturated carbocycles. The molecule has 0 fully saturated rings. The number of hydrogen-bond donors (Lipinski definition) is 1. The Labute approximate surface area is 232 Å². The predicted molar refractivity (Wildman–Crippen MR) is 158 cm³/mol. The molecule has 0 aliphatic heterocycles. The van der Waals surface area contributed by atoms with Gasteiger partial charge in [0.1, 0.15) is 5.82 Å². The Morgan fingerprint density at radius 3 is 2.32 bits per heavy atom. The van der Waals surface area contributed by atoms with Crippen molar-refractivity contribution < 1.29 is 4.79 Å². The second kappa shape index (κ2) is 12.4. The van der Waals surface area contributed by atoms with Gasteiger partial charge in [0.2, 0.25) is 0 Å². The summed E-state index contributed by atoms with van der Waals surface area (Å²) in [6.07, 6.45) is 1.48. The lowest BCUT2D eigenvalue weighted by atomic mass is 10.1. The molecule has 0 bridgehead atoms. The zero-order valence-electron chi connectivity index (χ0n) is 22.3. The van der Waals surface area contributed by atoms with Crippen LogP contribution in [-0.4, -0.2) is 52.6 Å². The number of benzene rings is 3. The van der Waals surface area contributed by atoms with Gasteiger partial charge in [0.15, 0.2) is 0 Å². The zero-order valence-corrected chi connectivity index (χ0v) is 23.9. The van der Waals surface area contributed by atoms with Gasteiger partial charge in [0, 0.05) is 17.6 Å². The standard InChI is InChI=1S/C30H34BrN5O2/c1-5-21-15-17-22(18-16-21)36-28(32-25-13-9-7-11-23(25)29(36)37)27(6-2)35(20-19-34(3)4)30(38)33-26-14-10-8-12-24(26)31/h7-18,27H,5-6,19-20H2,1-4H3,(H,33,38). The molecule has 1 unspecified atom stereocenters. The summed E-state index contributed by atoms with van der Waals surface area (Å²) in [6, 6.07) is 22.2. The third-order valence-electron chi connectivity index (χ3n) is 6.63. The summed E-state index contributed by atoms with van der Waals surface area (Å²) in [5.74, 6) is 0.543. The largest absolute Gasteiger partial charge is 0.322 e. The predicted octanol–water partition coefficient (Wildman–Crippen LogP) is 6.26. The maximum atomic E-state index is 13.9. The van der Waals surface area contributed by atoms with E-state index in [1.807, 2.05) is 92.6 Å². The van der Waals surface area contributed by atoms with Gasteiger partial charge >= 0.3 is 6.03 Å². The molecule has 0 aliphatic carbocycles. The van der Waals surface area contributed by atoms with Crippen molar-refractivity contribution in [2.75, 3.05) is 32.5 Å². The summed E-state index contributed by atoms with van der Waals surface area (Å²) in [5, 5.41) is 3.60. The number of aromatic nitrogens is 2. The zero-order chi connectivity index (χ0) is 27.2. The molecule has 198 valence electrons. The molecule has 2 amide bonds. The van der Waals surface area contributed by atoms with E-state index in [4.69, 9.17) is 4.98 Å². The summed E-state index contributed by atoms with van der Waals surface area (Å²) >= 11 is 3.53.